The Hall–Kier alpha value is -2.41. The summed E-state index contributed by atoms with van der Waals surface area (Å²) >= 11 is 0. The minimum atomic E-state index is -3.68. The molecule has 0 saturated carbocycles. The number of carbonyl (C=O) groups is 1. The average molecular weight is 390 g/mol. The van der Waals surface area contributed by atoms with Crippen molar-refractivity contribution in [3.63, 3.8) is 0 Å². The van der Waals surface area contributed by atoms with Crippen molar-refractivity contribution in [1.82, 2.24) is 0 Å². The van der Waals surface area contributed by atoms with Gasteiger partial charge in [0, 0.05) is 24.3 Å². The molecule has 1 N–H and O–H groups in total. The number of benzene rings is 2. The second-order valence-corrected chi connectivity index (χ2v) is 8.56. The fourth-order valence-corrected chi connectivity index (χ4v) is 4.43. The lowest BCUT2D eigenvalue weighted by Crippen LogP contribution is -2.35. The summed E-state index contributed by atoms with van der Waals surface area (Å²) in [5.74, 6) is -0.627. The normalized spacial score (nSPS) is 14.2. The van der Waals surface area contributed by atoms with E-state index in [1.807, 2.05) is 6.92 Å². The molecule has 1 aliphatic rings. The van der Waals surface area contributed by atoms with Crippen LogP contribution in [0.4, 0.5) is 15.8 Å². The van der Waals surface area contributed by atoms with Crippen LogP contribution in [-0.4, -0.2) is 20.9 Å². The molecule has 0 radical (unpaired) electrons. The second-order valence-electron chi connectivity index (χ2n) is 6.83. The van der Waals surface area contributed by atoms with Crippen LogP contribution in [0.1, 0.15) is 36.5 Å². The number of anilines is 2. The van der Waals surface area contributed by atoms with Crippen LogP contribution in [0.25, 0.3) is 0 Å². The monoisotopic (exact) mass is 390 g/mol. The maximum atomic E-state index is 13.7. The molecule has 0 aromatic heterocycles. The molecule has 0 unspecified atom stereocenters. The lowest BCUT2D eigenvalue weighted by molar-refractivity contribution is -0.118. The molecule has 3 rings (SSSR count). The number of nitrogens with zero attached hydrogens (tertiary/aromatic N) is 1. The molecule has 144 valence electrons. The average Bonchev–Trinajstić information content (AvgIpc) is 2.60. The van der Waals surface area contributed by atoms with E-state index in [9.17, 15) is 17.6 Å². The molecule has 2 aromatic rings. The second kappa shape index (κ2) is 7.68. The van der Waals surface area contributed by atoms with Gasteiger partial charge >= 0.3 is 0 Å². The highest BCUT2D eigenvalue weighted by Gasteiger charge is 2.24. The third kappa shape index (κ3) is 4.47. The maximum absolute atomic E-state index is 13.7. The Morgan fingerprint density at radius 3 is 2.63 bits per heavy atom. The zero-order chi connectivity index (χ0) is 19.6. The lowest BCUT2D eigenvalue weighted by Gasteiger charge is -2.29. The van der Waals surface area contributed by atoms with Crippen LogP contribution < -0.4 is 9.62 Å². The molecule has 0 fully saturated rings. The number of sulfonamides is 1. The molecule has 0 atom stereocenters. The molecule has 27 heavy (non-hydrogen) atoms. The van der Waals surface area contributed by atoms with Crippen LogP contribution in [-0.2, 0) is 27.0 Å². The molecule has 0 saturated heterocycles. The van der Waals surface area contributed by atoms with E-state index in [0.29, 0.717) is 36.2 Å². The fraction of sp³-hybridized carbons (Fsp3) is 0.350. The quantitative estimate of drug-likeness (QED) is 0.817. The molecule has 1 heterocycles. The summed E-state index contributed by atoms with van der Waals surface area (Å²) in [4.78, 5) is 13.9. The largest absolute Gasteiger partial charge is 0.312 e. The number of hydrogen-bond donors (Lipinski definition) is 1. The predicted molar refractivity (Wildman–Crippen MR) is 105 cm³/mol. The van der Waals surface area contributed by atoms with E-state index >= 15 is 0 Å². The smallest absolute Gasteiger partial charge is 0.236 e. The van der Waals surface area contributed by atoms with Crippen molar-refractivity contribution in [3.8, 4) is 0 Å². The number of hydrogen-bond acceptors (Lipinski definition) is 3. The first-order chi connectivity index (χ1) is 12.8. The summed E-state index contributed by atoms with van der Waals surface area (Å²) in [7, 11) is -3.68. The highest BCUT2D eigenvalue weighted by Crippen LogP contribution is 2.31. The molecular weight excluding hydrogens is 367 g/mol. The first kappa shape index (κ1) is 19.4. The van der Waals surface area contributed by atoms with E-state index in [2.05, 4.69) is 4.72 Å². The first-order valence-corrected chi connectivity index (χ1v) is 10.6. The van der Waals surface area contributed by atoms with Crippen molar-refractivity contribution in [2.24, 2.45) is 0 Å². The summed E-state index contributed by atoms with van der Waals surface area (Å²) in [6.07, 6.45) is 1.87. The van der Waals surface area contributed by atoms with E-state index in [-0.39, 0.29) is 11.7 Å². The van der Waals surface area contributed by atoms with Crippen LogP contribution in [0.5, 0.6) is 0 Å². The van der Waals surface area contributed by atoms with Gasteiger partial charge in [-0.1, -0.05) is 19.1 Å². The van der Waals surface area contributed by atoms with Gasteiger partial charge in [0.2, 0.25) is 15.9 Å². The van der Waals surface area contributed by atoms with Gasteiger partial charge in [0.05, 0.1) is 5.75 Å². The molecule has 7 heteroatoms. The molecule has 2 aromatic carbocycles. The van der Waals surface area contributed by atoms with Crippen LogP contribution in [0.3, 0.4) is 0 Å². The minimum absolute atomic E-state index is 0.0964. The van der Waals surface area contributed by atoms with Gasteiger partial charge in [-0.2, -0.15) is 0 Å². The third-order valence-electron chi connectivity index (χ3n) is 4.59. The predicted octanol–water partition coefficient (Wildman–Crippen LogP) is 3.77. The zero-order valence-electron chi connectivity index (χ0n) is 15.5. The van der Waals surface area contributed by atoms with Gasteiger partial charge < -0.3 is 4.90 Å². The number of nitrogens with one attached hydrogen (secondary N) is 1. The van der Waals surface area contributed by atoms with Gasteiger partial charge in [-0.15, -0.1) is 0 Å². The zero-order valence-corrected chi connectivity index (χ0v) is 16.3. The SMILES string of the molecule is CCCN1C(=O)CCc2cc(NS(=O)(=O)Cc3ccc(C)c(F)c3)ccc21. The summed E-state index contributed by atoms with van der Waals surface area (Å²) in [5.41, 5.74) is 3.11. The van der Waals surface area contributed by atoms with Crippen molar-refractivity contribution in [2.45, 2.75) is 38.9 Å². The number of halogens is 1. The molecule has 0 spiro atoms. The van der Waals surface area contributed by atoms with Crippen LogP contribution in [0.2, 0.25) is 0 Å². The van der Waals surface area contributed by atoms with Crippen molar-refractivity contribution >= 4 is 27.3 Å². The molecule has 1 aliphatic heterocycles. The van der Waals surface area contributed by atoms with E-state index in [0.717, 1.165) is 17.7 Å². The van der Waals surface area contributed by atoms with Crippen LogP contribution in [0.15, 0.2) is 36.4 Å². The van der Waals surface area contributed by atoms with Gasteiger partial charge in [0.1, 0.15) is 5.82 Å². The summed E-state index contributed by atoms with van der Waals surface area (Å²) in [6.45, 7) is 4.29. The highest BCUT2D eigenvalue weighted by atomic mass is 32.2. The summed E-state index contributed by atoms with van der Waals surface area (Å²) in [5, 5.41) is 0. The van der Waals surface area contributed by atoms with Gasteiger partial charge in [-0.25, -0.2) is 12.8 Å². The minimum Gasteiger partial charge on any atom is -0.312 e. The number of amides is 1. The number of rotatable bonds is 6. The Bertz CT molecular complexity index is 973. The maximum Gasteiger partial charge on any atom is 0.236 e. The third-order valence-corrected chi connectivity index (χ3v) is 5.85. The standard InChI is InChI=1S/C20H23FN2O3S/c1-3-10-23-19-8-7-17(12-16(19)6-9-20(23)24)22-27(25,26)13-15-5-4-14(2)18(21)11-15/h4-5,7-8,11-12,22H,3,6,9-10,13H2,1-2H3. The first-order valence-electron chi connectivity index (χ1n) is 8.98. The van der Waals surface area contributed by atoms with E-state index in [1.165, 1.54) is 6.07 Å². The van der Waals surface area contributed by atoms with E-state index < -0.39 is 15.8 Å². The number of carbonyl (C=O) groups excluding carboxylic acids is 1. The topological polar surface area (TPSA) is 66.5 Å². The van der Waals surface area contributed by atoms with Crippen molar-refractivity contribution < 1.29 is 17.6 Å². The van der Waals surface area contributed by atoms with Crippen molar-refractivity contribution in [3.05, 3.63) is 58.9 Å². The van der Waals surface area contributed by atoms with Gasteiger partial charge in [-0.05, 0) is 60.7 Å². The number of fused-ring (bicyclic) bond motifs is 1. The Labute approximate surface area is 159 Å². The Morgan fingerprint density at radius 1 is 1.15 bits per heavy atom. The van der Waals surface area contributed by atoms with Crippen LogP contribution in [0, 0.1) is 12.7 Å². The lowest BCUT2D eigenvalue weighted by atomic mass is 10.0. The van der Waals surface area contributed by atoms with Gasteiger partial charge in [-0.3, -0.25) is 9.52 Å². The highest BCUT2D eigenvalue weighted by molar-refractivity contribution is 7.91. The fourth-order valence-electron chi connectivity index (χ4n) is 3.25. The van der Waals surface area contributed by atoms with Crippen LogP contribution >= 0.6 is 0 Å². The Balaban J connectivity index is 1.79. The van der Waals surface area contributed by atoms with E-state index in [1.54, 1.807) is 42.2 Å². The summed E-state index contributed by atoms with van der Waals surface area (Å²) in [6, 6.07) is 9.64. The van der Waals surface area contributed by atoms with Gasteiger partial charge in [0.25, 0.3) is 0 Å². The molecule has 0 aliphatic carbocycles. The number of aryl methyl sites for hydroxylation is 2. The summed E-state index contributed by atoms with van der Waals surface area (Å²) < 4.78 is 41.1. The Kier molecular flexibility index (Phi) is 5.51. The van der Waals surface area contributed by atoms with Gasteiger partial charge in [0.15, 0.2) is 0 Å². The molecule has 5 nitrogen and oxygen atoms in total. The molecule has 0 bridgehead atoms. The Morgan fingerprint density at radius 2 is 1.93 bits per heavy atom. The van der Waals surface area contributed by atoms with Crippen molar-refractivity contribution in [1.29, 1.82) is 0 Å². The molecular formula is C20H23FN2O3S. The van der Waals surface area contributed by atoms with Crippen molar-refractivity contribution in [2.75, 3.05) is 16.2 Å². The molecule has 1 amide bonds. The van der Waals surface area contributed by atoms with E-state index in [4.69, 9.17) is 0 Å².